The first-order valence-corrected chi connectivity index (χ1v) is 11.5. The molecule has 9 heteroatoms. The summed E-state index contributed by atoms with van der Waals surface area (Å²) in [6.07, 6.45) is 3.57. The van der Waals surface area contributed by atoms with Crippen LogP contribution in [0.1, 0.15) is 73.1 Å². The van der Waals surface area contributed by atoms with Crippen molar-refractivity contribution in [1.82, 2.24) is 10.6 Å². The van der Waals surface area contributed by atoms with Gasteiger partial charge in [-0.3, -0.25) is 9.59 Å². The lowest BCUT2D eigenvalue weighted by Crippen LogP contribution is -2.60. The number of unbranched alkanes of at least 4 members (excludes halogenated alkanes) is 5. The first-order valence-electron chi connectivity index (χ1n) is 11.5. The van der Waals surface area contributed by atoms with Crippen molar-refractivity contribution in [3.8, 4) is 0 Å². The molecule has 3 heterocycles. The summed E-state index contributed by atoms with van der Waals surface area (Å²) in [5.74, 6) is -2.38. The number of rotatable bonds is 10. The predicted molar refractivity (Wildman–Crippen MR) is 112 cm³/mol. The lowest BCUT2D eigenvalue weighted by Gasteiger charge is -2.36. The minimum atomic E-state index is -0.961. The highest BCUT2D eigenvalue weighted by Crippen LogP contribution is 2.44. The second kappa shape index (κ2) is 10.1. The lowest BCUT2D eigenvalue weighted by atomic mass is 9.98. The van der Waals surface area contributed by atoms with Gasteiger partial charge in [-0.1, -0.05) is 39.0 Å². The van der Waals surface area contributed by atoms with Crippen molar-refractivity contribution in [2.45, 2.75) is 115 Å². The zero-order chi connectivity index (χ0) is 22.6. The summed E-state index contributed by atoms with van der Waals surface area (Å²) in [6.45, 7) is 9.82. The van der Waals surface area contributed by atoms with E-state index in [0.717, 1.165) is 12.8 Å². The van der Waals surface area contributed by atoms with Crippen LogP contribution in [0.25, 0.3) is 0 Å². The van der Waals surface area contributed by atoms with Gasteiger partial charge in [0, 0.05) is 6.54 Å². The number of hydrogen-bond acceptors (Lipinski definition) is 7. The number of nitrogens with one attached hydrogen (secondary N) is 2. The van der Waals surface area contributed by atoms with Gasteiger partial charge in [-0.05, 0) is 34.1 Å². The molecule has 2 N–H and O–H groups in total. The van der Waals surface area contributed by atoms with Crippen molar-refractivity contribution in [1.29, 1.82) is 0 Å². The third kappa shape index (κ3) is 6.38. The van der Waals surface area contributed by atoms with Crippen LogP contribution >= 0.6 is 0 Å². The molecule has 3 aliphatic heterocycles. The first kappa shape index (κ1) is 24.4. The molecule has 0 saturated carbocycles. The van der Waals surface area contributed by atoms with Gasteiger partial charge in [0.25, 0.3) is 5.91 Å². The molecule has 0 aromatic rings. The summed E-state index contributed by atoms with van der Waals surface area (Å²) in [5, 5.41) is 5.50. The van der Waals surface area contributed by atoms with Gasteiger partial charge in [0.1, 0.15) is 18.3 Å². The maximum Gasteiger partial charge on any atom is 0.252 e. The summed E-state index contributed by atoms with van der Waals surface area (Å²) < 4.78 is 29.6. The van der Waals surface area contributed by atoms with Crippen molar-refractivity contribution in [3.63, 3.8) is 0 Å². The molecule has 0 aromatic heterocycles. The van der Waals surface area contributed by atoms with E-state index in [4.69, 9.17) is 23.7 Å². The molecule has 5 atom stereocenters. The molecule has 9 nitrogen and oxygen atoms in total. The fourth-order valence-corrected chi connectivity index (χ4v) is 4.29. The smallest absolute Gasteiger partial charge is 0.252 e. The summed E-state index contributed by atoms with van der Waals surface area (Å²) >= 11 is 0. The van der Waals surface area contributed by atoms with Crippen molar-refractivity contribution >= 4 is 11.8 Å². The maximum atomic E-state index is 12.8. The molecular formula is C22H38N2O7. The molecule has 3 rings (SSSR count). The quantitative estimate of drug-likeness (QED) is 0.499. The van der Waals surface area contributed by atoms with Crippen molar-refractivity contribution in [2.75, 3.05) is 13.1 Å². The van der Waals surface area contributed by atoms with Gasteiger partial charge in [-0.15, -0.1) is 0 Å². The molecule has 0 aliphatic carbocycles. The number of ether oxygens (including phenoxy) is 5. The monoisotopic (exact) mass is 442 g/mol. The van der Waals surface area contributed by atoms with Gasteiger partial charge in [-0.2, -0.15) is 0 Å². The summed E-state index contributed by atoms with van der Waals surface area (Å²) in [6, 6.07) is 0. The van der Waals surface area contributed by atoms with Gasteiger partial charge in [0.2, 0.25) is 5.91 Å². The van der Waals surface area contributed by atoms with Crippen LogP contribution in [0, 0.1) is 0 Å². The minimum Gasteiger partial charge on any atom is -0.355 e. The molecule has 0 spiro atoms. The minimum absolute atomic E-state index is 0.118. The van der Waals surface area contributed by atoms with Crippen molar-refractivity contribution in [3.05, 3.63) is 0 Å². The number of carbonyl (C=O) groups is 2. The Balaban J connectivity index is 1.46. The SMILES string of the molecule is CCCCCCCCNC(=O)CNC(=O)C1O[C@@H]2OC(C)(C)O[C@@H]2[C@H]2OC(C)(C)O[C@@H]12. The van der Waals surface area contributed by atoms with E-state index < -0.39 is 48.2 Å². The van der Waals surface area contributed by atoms with E-state index in [-0.39, 0.29) is 12.5 Å². The van der Waals surface area contributed by atoms with Crippen LogP contribution in [0.2, 0.25) is 0 Å². The van der Waals surface area contributed by atoms with Gasteiger partial charge in [0.05, 0.1) is 6.54 Å². The largest absolute Gasteiger partial charge is 0.355 e. The number of fused-ring (bicyclic) bond motifs is 3. The zero-order valence-corrected chi connectivity index (χ0v) is 19.4. The molecule has 31 heavy (non-hydrogen) atoms. The highest BCUT2D eigenvalue weighted by Gasteiger charge is 2.62. The van der Waals surface area contributed by atoms with Gasteiger partial charge < -0.3 is 34.3 Å². The van der Waals surface area contributed by atoms with Crippen molar-refractivity contribution in [2.24, 2.45) is 0 Å². The molecule has 0 radical (unpaired) electrons. The molecule has 1 unspecified atom stereocenters. The fourth-order valence-electron chi connectivity index (χ4n) is 4.29. The third-order valence-corrected chi connectivity index (χ3v) is 5.69. The molecule has 3 saturated heterocycles. The Hall–Kier alpha value is -1.26. The molecule has 2 amide bonds. The Labute approximate surface area is 184 Å². The second-order valence-electron chi connectivity index (χ2n) is 9.43. The molecular weight excluding hydrogens is 404 g/mol. The van der Waals surface area contributed by atoms with Crippen molar-refractivity contribution < 1.29 is 33.3 Å². The maximum absolute atomic E-state index is 12.8. The fraction of sp³-hybridized carbons (Fsp3) is 0.909. The van der Waals surface area contributed by atoms with E-state index in [1.807, 2.05) is 0 Å². The number of carbonyl (C=O) groups excluding carboxylic acids is 2. The zero-order valence-electron chi connectivity index (χ0n) is 19.4. The second-order valence-corrected chi connectivity index (χ2v) is 9.43. The molecule has 178 valence electrons. The highest BCUT2D eigenvalue weighted by molar-refractivity contribution is 5.87. The van der Waals surface area contributed by atoms with E-state index in [1.54, 1.807) is 27.7 Å². The average Bonchev–Trinajstić information content (AvgIpc) is 3.18. The van der Waals surface area contributed by atoms with Crippen LogP contribution in [0.15, 0.2) is 0 Å². The molecule has 3 aliphatic rings. The normalized spacial score (nSPS) is 32.9. The Morgan fingerprint density at radius 3 is 2.13 bits per heavy atom. The van der Waals surface area contributed by atoms with Crippen LogP contribution in [0.3, 0.4) is 0 Å². The van der Waals surface area contributed by atoms with Gasteiger partial charge >= 0.3 is 0 Å². The number of amides is 2. The van der Waals surface area contributed by atoms with E-state index in [0.29, 0.717) is 6.54 Å². The van der Waals surface area contributed by atoms with Crippen LogP contribution in [0.4, 0.5) is 0 Å². The topological polar surface area (TPSA) is 104 Å². The lowest BCUT2D eigenvalue weighted by molar-refractivity contribution is -0.231. The summed E-state index contributed by atoms with van der Waals surface area (Å²) in [5.41, 5.74) is 0. The summed E-state index contributed by atoms with van der Waals surface area (Å²) in [7, 11) is 0. The Morgan fingerprint density at radius 2 is 1.39 bits per heavy atom. The van der Waals surface area contributed by atoms with Crippen LogP contribution in [-0.4, -0.2) is 67.2 Å². The van der Waals surface area contributed by atoms with Crippen LogP contribution in [-0.2, 0) is 33.3 Å². The Kier molecular flexibility index (Phi) is 7.96. The highest BCUT2D eigenvalue weighted by atomic mass is 16.9. The number of hydrogen-bond donors (Lipinski definition) is 2. The van der Waals surface area contributed by atoms with Crippen LogP contribution < -0.4 is 10.6 Å². The molecule has 0 bridgehead atoms. The van der Waals surface area contributed by atoms with Gasteiger partial charge in [-0.25, -0.2) is 0 Å². The van der Waals surface area contributed by atoms with E-state index in [9.17, 15) is 9.59 Å². The first-order chi connectivity index (χ1) is 14.6. The standard InChI is InChI=1S/C22H38N2O7/c1-6-7-8-9-10-11-12-23-14(25)13-24-19(26)17-15-16(29-21(2,3)28-15)18-20(27-17)31-22(4,5)30-18/h15-18,20H,6-13H2,1-5H3,(H,23,25)(H,24,26)/t15-,16+,17?,18-,20-/m1/s1. The van der Waals surface area contributed by atoms with E-state index >= 15 is 0 Å². The molecule has 3 fully saturated rings. The van der Waals surface area contributed by atoms with Gasteiger partial charge in [0.15, 0.2) is 24.0 Å². The van der Waals surface area contributed by atoms with Crippen LogP contribution in [0.5, 0.6) is 0 Å². The summed E-state index contributed by atoms with van der Waals surface area (Å²) in [4.78, 5) is 24.9. The Morgan fingerprint density at radius 1 is 0.774 bits per heavy atom. The third-order valence-electron chi connectivity index (χ3n) is 5.69. The Bertz CT molecular complexity index is 639. The molecule has 0 aromatic carbocycles. The predicted octanol–water partition coefficient (Wildman–Crippen LogP) is 1.98. The average molecular weight is 443 g/mol. The van der Waals surface area contributed by atoms with E-state index in [2.05, 4.69) is 17.6 Å². The van der Waals surface area contributed by atoms with E-state index in [1.165, 1.54) is 25.7 Å².